The molecule has 0 saturated carbocycles. The van der Waals surface area contributed by atoms with Gasteiger partial charge in [-0.25, -0.2) is 0 Å². The fourth-order valence-electron chi connectivity index (χ4n) is 0.267. The third kappa shape index (κ3) is 4.59. The highest BCUT2D eigenvalue weighted by Gasteiger charge is 2.10. The van der Waals surface area contributed by atoms with Crippen molar-refractivity contribution in [2.45, 2.75) is 6.10 Å². The highest BCUT2D eigenvalue weighted by Crippen LogP contribution is 2.00. The Kier molecular flexibility index (Phi) is 4.59. The van der Waals surface area contributed by atoms with Gasteiger partial charge in [0.1, 0.15) is 6.10 Å². The van der Waals surface area contributed by atoms with Gasteiger partial charge in [-0.15, -0.1) is 0 Å². The van der Waals surface area contributed by atoms with Gasteiger partial charge in [-0.2, -0.15) is 0 Å². The molecule has 0 aromatic heterocycles. The first-order valence-electron chi connectivity index (χ1n) is 2.56. The Morgan fingerprint density at radius 2 is 2.27 bits per heavy atom. The second-order valence-corrected chi connectivity index (χ2v) is 2.29. The minimum absolute atomic E-state index is 0.761. The van der Waals surface area contributed by atoms with Gasteiger partial charge < -0.3 is 15.1 Å². The van der Waals surface area contributed by atoms with Crippen LogP contribution in [0.1, 0.15) is 0 Å². The summed E-state index contributed by atoms with van der Waals surface area (Å²) in [6, 6.07) is 0. The molecule has 0 aliphatic heterocycles. The molecule has 0 spiro atoms. The molecule has 60 valence electrons. The van der Waals surface area contributed by atoms with E-state index in [0.717, 1.165) is 0 Å². The molecule has 6 heteroatoms. The number of rotatable bonds is 2. The Morgan fingerprint density at radius 1 is 1.73 bits per heavy atom. The van der Waals surface area contributed by atoms with Crippen LogP contribution in [0.2, 0.25) is 0 Å². The predicted molar refractivity (Wildman–Crippen MR) is 33.5 cm³/mol. The second kappa shape index (κ2) is 4.94. The maximum absolute atomic E-state index is 10.4. The summed E-state index contributed by atoms with van der Waals surface area (Å²) in [5.74, 6) is 0.630. The van der Waals surface area contributed by atoms with E-state index in [2.05, 4.69) is 0 Å². The molecule has 0 aliphatic rings. The monoisotopic (exact) mass is 176 g/mol. The van der Waals surface area contributed by atoms with Gasteiger partial charge in [0.05, 0.1) is 6.61 Å². The number of ketones is 1. The summed E-state index contributed by atoms with van der Waals surface area (Å²) in [5.41, 5.74) is 1.54. The molecular formula is C5H5O5P. The van der Waals surface area contributed by atoms with Gasteiger partial charge in [0.2, 0.25) is 5.78 Å². The van der Waals surface area contributed by atoms with Gasteiger partial charge in [-0.1, -0.05) is 4.57 Å². The van der Waals surface area contributed by atoms with E-state index >= 15 is 0 Å². The lowest BCUT2D eigenvalue weighted by Gasteiger charge is -1.96. The maximum Gasteiger partial charge on any atom is 0.403 e. The Hall–Kier alpha value is -0.790. The van der Waals surface area contributed by atoms with Crippen molar-refractivity contribution in [3.8, 4) is 11.6 Å². The van der Waals surface area contributed by atoms with Gasteiger partial charge in [0, 0.05) is 5.92 Å². The minimum atomic E-state index is -2.94. The van der Waals surface area contributed by atoms with Crippen LogP contribution in [0.25, 0.3) is 0 Å². The number of aliphatic hydroxyl groups excluding tert-OH is 2. The highest BCUT2D eigenvalue weighted by atomic mass is 31.1. The zero-order valence-electron chi connectivity index (χ0n) is 5.35. The number of hydrogen-bond acceptors (Lipinski definition) is 5. The Bertz CT molecular complexity index is 225. The van der Waals surface area contributed by atoms with Crippen LogP contribution in [0.15, 0.2) is 0 Å². The summed E-state index contributed by atoms with van der Waals surface area (Å²) in [6.07, 6.45) is -1.61. The van der Waals surface area contributed by atoms with Gasteiger partial charge >= 0.3 is 8.03 Å². The third-order valence-corrected chi connectivity index (χ3v) is 1.04. The zero-order valence-corrected chi connectivity index (χ0v) is 6.25. The van der Waals surface area contributed by atoms with Crippen LogP contribution >= 0.6 is 8.03 Å². The van der Waals surface area contributed by atoms with Gasteiger partial charge in [0.25, 0.3) is 0 Å². The largest absolute Gasteiger partial charge is 0.583 e. The fourth-order valence-corrected chi connectivity index (χ4v) is 0.468. The molecule has 0 radical (unpaired) electrons. The quantitative estimate of drug-likeness (QED) is 0.373. The van der Waals surface area contributed by atoms with Crippen molar-refractivity contribution in [1.82, 2.24) is 0 Å². The van der Waals surface area contributed by atoms with Gasteiger partial charge in [0.15, 0.2) is 5.66 Å². The van der Waals surface area contributed by atoms with E-state index in [1.165, 1.54) is 0 Å². The minimum Gasteiger partial charge on any atom is -0.583 e. The van der Waals surface area contributed by atoms with E-state index in [1.807, 2.05) is 0 Å². The third-order valence-electron chi connectivity index (χ3n) is 0.746. The first-order valence-corrected chi connectivity index (χ1v) is 3.74. The molecule has 0 fully saturated rings. The van der Waals surface area contributed by atoms with E-state index in [9.17, 15) is 14.3 Å². The lowest BCUT2D eigenvalue weighted by Crippen LogP contribution is -2.22. The summed E-state index contributed by atoms with van der Waals surface area (Å²) >= 11 is 0. The van der Waals surface area contributed by atoms with E-state index in [0.29, 0.717) is 0 Å². The normalized spacial score (nSPS) is 12.8. The van der Waals surface area contributed by atoms with Crippen LogP contribution in [0, 0.1) is 11.6 Å². The number of aliphatic hydroxyl groups is 2. The lowest BCUT2D eigenvalue weighted by atomic mass is 10.2. The van der Waals surface area contributed by atoms with Crippen LogP contribution < -0.4 is 4.89 Å². The standard InChI is InChI=1S/C5H5O5P/c6-3-5(8)4(7)1-2-11(9)10/h5-6,8H,3H2. The molecule has 0 amide bonds. The first-order chi connectivity index (χ1) is 5.07. The first kappa shape index (κ1) is 10.2. The summed E-state index contributed by atoms with van der Waals surface area (Å²) in [6.45, 7) is -0.761. The molecule has 0 saturated heterocycles. The molecule has 2 N–H and O–H groups in total. The van der Waals surface area contributed by atoms with Crippen LogP contribution in [0.4, 0.5) is 0 Å². The van der Waals surface area contributed by atoms with E-state index in [-0.39, 0.29) is 0 Å². The molecular weight excluding hydrogens is 171 g/mol. The van der Waals surface area contributed by atoms with Crippen LogP contribution in [0.5, 0.6) is 0 Å². The SMILES string of the molecule is O=C(C#C[P+](=O)[O-])C(O)CO. The number of hydrogen-bond donors (Lipinski definition) is 2. The molecule has 0 aromatic carbocycles. The van der Waals surface area contributed by atoms with Crippen molar-refractivity contribution < 1.29 is 24.5 Å². The molecule has 5 nitrogen and oxygen atoms in total. The molecule has 2 unspecified atom stereocenters. The maximum atomic E-state index is 10.4. The molecule has 2 atom stereocenters. The van der Waals surface area contributed by atoms with Crippen molar-refractivity contribution in [2.24, 2.45) is 0 Å². The van der Waals surface area contributed by atoms with Crippen LogP contribution in [-0.4, -0.2) is 28.7 Å². The Labute approximate surface area is 63.5 Å². The van der Waals surface area contributed by atoms with Crippen molar-refractivity contribution in [2.75, 3.05) is 6.61 Å². The summed E-state index contributed by atoms with van der Waals surface area (Å²) < 4.78 is 9.78. The van der Waals surface area contributed by atoms with E-state index in [4.69, 9.17) is 10.2 Å². The van der Waals surface area contributed by atoms with E-state index in [1.54, 1.807) is 11.6 Å². The molecule has 11 heavy (non-hydrogen) atoms. The van der Waals surface area contributed by atoms with Crippen LogP contribution in [0.3, 0.4) is 0 Å². The average Bonchev–Trinajstić information content (AvgIpc) is 1.98. The number of carbonyl (C=O) groups excluding carboxylic acids is 1. The molecule has 0 heterocycles. The summed E-state index contributed by atoms with van der Waals surface area (Å²) in [5, 5.41) is 16.7. The van der Waals surface area contributed by atoms with Gasteiger partial charge in [-0.05, 0) is 0 Å². The summed E-state index contributed by atoms with van der Waals surface area (Å²) in [7, 11) is -2.94. The lowest BCUT2D eigenvalue weighted by molar-refractivity contribution is -0.160. The second-order valence-electron chi connectivity index (χ2n) is 1.56. The smallest absolute Gasteiger partial charge is 0.403 e. The van der Waals surface area contributed by atoms with Crippen molar-refractivity contribution >= 4 is 13.8 Å². The van der Waals surface area contributed by atoms with Crippen molar-refractivity contribution in [3.63, 3.8) is 0 Å². The number of carbonyl (C=O) groups is 1. The predicted octanol–water partition coefficient (Wildman–Crippen LogP) is -2.03. The van der Waals surface area contributed by atoms with Crippen LogP contribution in [-0.2, 0) is 9.36 Å². The Balaban J connectivity index is 4.10. The molecule has 0 bridgehead atoms. The molecule has 0 aliphatic carbocycles. The van der Waals surface area contributed by atoms with E-state index < -0.39 is 26.5 Å². The average molecular weight is 176 g/mol. The fraction of sp³-hybridized carbons (Fsp3) is 0.400. The molecule has 0 rings (SSSR count). The van der Waals surface area contributed by atoms with Crippen molar-refractivity contribution in [3.05, 3.63) is 0 Å². The van der Waals surface area contributed by atoms with Crippen molar-refractivity contribution in [1.29, 1.82) is 0 Å². The summed E-state index contributed by atoms with van der Waals surface area (Å²) in [4.78, 5) is 20.2. The Morgan fingerprint density at radius 3 is 2.64 bits per heavy atom. The zero-order chi connectivity index (χ0) is 8.85. The van der Waals surface area contributed by atoms with Gasteiger partial charge in [-0.3, -0.25) is 4.79 Å². The highest BCUT2D eigenvalue weighted by molar-refractivity contribution is 7.42. The topological polar surface area (TPSA) is 97.7 Å². The molecule has 0 aromatic rings. The number of Topliss-reactive ketones (excluding diaryl/α,β-unsaturated/α-hetero) is 1.